The lowest BCUT2D eigenvalue weighted by atomic mass is 10.1. The lowest BCUT2D eigenvalue weighted by molar-refractivity contribution is -0.121. The summed E-state index contributed by atoms with van der Waals surface area (Å²) in [6.07, 6.45) is 2.43. The number of aliphatic hydroxyl groups is 2. The monoisotopic (exact) mass is 374 g/mol. The molecule has 1 unspecified atom stereocenters. The molecule has 1 aliphatic rings. The van der Waals surface area contributed by atoms with Gasteiger partial charge in [-0.25, -0.2) is 0 Å². The number of hydrogen-bond donors (Lipinski definition) is 3. The van der Waals surface area contributed by atoms with Gasteiger partial charge in [-0.3, -0.25) is 9.78 Å². The number of nitrogens with zero attached hydrogens (tertiary/aromatic N) is 1. The van der Waals surface area contributed by atoms with Gasteiger partial charge in [0.05, 0.1) is 18.0 Å². The van der Waals surface area contributed by atoms with Gasteiger partial charge < -0.3 is 20.3 Å². The van der Waals surface area contributed by atoms with Crippen LogP contribution in [0.4, 0.5) is 0 Å². The number of ether oxygens (including phenoxy) is 1. The van der Waals surface area contributed by atoms with Gasteiger partial charge in [0.1, 0.15) is 5.75 Å². The van der Waals surface area contributed by atoms with E-state index in [0.29, 0.717) is 19.4 Å². The first-order valence-corrected chi connectivity index (χ1v) is 9.44. The van der Waals surface area contributed by atoms with Gasteiger partial charge in [0, 0.05) is 18.3 Å². The average Bonchev–Trinajstić information content (AvgIpc) is 2.94. The summed E-state index contributed by atoms with van der Waals surface area (Å²) >= 11 is 1.23. The van der Waals surface area contributed by atoms with Crippen molar-refractivity contribution < 1.29 is 19.7 Å². The van der Waals surface area contributed by atoms with Crippen molar-refractivity contribution in [3.8, 4) is 5.75 Å². The Morgan fingerprint density at radius 3 is 2.62 bits per heavy atom. The number of aromatic nitrogens is 1. The quantitative estimate of drug-likeness (QED) is 0.685. The molecule has 1 aromatic heterocycles. The number of benzene rings is 1. The van der Waals surface area contributed by atoms with Crippen LogP contribution in [0.2, 0.25) is 0 Å². The predicted octanol–water partition coefficient (Wildman–Crippen LogP) is 1.81. The summed E-state index contributed by atoms with van der Waals surface area (Å²) in [6.45, 7) is 2.22. The molecule has 0 saturated carbocycles. The Labute approximate surface area is 156 Å². The molecule has 0 spiro atoms. The number of amides is 1. The third-order valence-electron chi connectivity index (χ3n) is 4.15. The standard InChI is InChI=1S/C19H22N2O4S/c1-12(22)14-4-5-15(20-11-14)8-9-25-16-6-2-13(3-7-16)10-17-18(23)21-19(24)26-17/h2-7,11-12,17,19,22,24H,8-10H2,1H3,(H,21,23)/t12-,17-,19?/m0/s1. The lowest BCUT2D eigenvalue weighted by Gasteiger charge is -2.09. The zero-order chi connectivity index (χ0) is 18.5. The molecule has 26 heavy (non-hydrogen) atoms. The number of carbonyl (C=O) groups is 1. The molecular formula is C19H22N2O4S. The predicted molar refractivity (Wildman–Crippen MR) is 99.7 cm³/mol. The minimum absolute atomic E-state index is 0.128. The van der Waals surface area contributed by atoms with Crippen LogP contribution in [0.1, 0.15) is 29.8 Å². The first-order valence-electron chi connectivity index (χ1n) is 8.50. The molecule has 1 aliphatic heterocycles. The summed E-state index contributed by atoms with van der Waals surface area (Å²) in [4.78, 5) is 16.0. The first kappa shape index (κ1) is 18.7. The molecule has 1 aromatic carbocycles. The lowest BCUT2D eigenvalue weighted by Crippen LogP contribution is -2.27. The summed E-state index contributed by atoms with van der Waals surface area (Å²) in [5.41, 5.74) is 1.92. The van der Waals surface area contributed by atoms with Gasteiger partial charge in [0.2, 0.25) is 5.91 Å². The molecule has 2 aromatic rings. The van der Waals surface area contributed by atoms with Crippen LogP contribution in [0.15, 0.2) is 42.6 Å². The number of hydrogen-bond acceptors (Lipinski definition) is 6. The molecule has 2 heterocycles. The van der Waals surface area contributed by atoms with Crippen LogP contribution >= 0.6 is 11.8 Å². The second-order valence-electron chi connectivity index (χ2n) is 6.19. The van der Waals surface area contributed by atoms with Crippen LogP contribution in [0.3, 0.4) is 0 Å². The first-order chi connectivity index (χ1) is 12.5. The Bertz CT molecular complexity index is 734. The van der Waals surface area contributed by atoms with Crippen LogP contribution in [0, 0.1) is 0 Å². The highest BCUT2D eigenvalue weighted by molar-refractivity contribution is 8.01. The van der Waals surface area contributed by atoms with Crippen molar-refractivity contribution >= 4 is 17.7 Å². The molecule has 7 heteroatoms. The van der Waals surface area contributed by atoms with E-state index in [1.54, 1.807) is 13.1 Å². The molecule has 3 atom stereocenters. The van der Waals surface area contributed by atoms with Crippen LogP contribution in [0.25, 0.3) is 0 Å². The largest absolute Gasteiger partial charge is 0.493 e. The van der Waals surface area contributed by atoms with E-state index in [9.17, 15) is 15.0 Å². The van der Waals surface area contributed by atoms with Crippen molar-refractivity contribution in [2.75, 3.05) is 6.61 Å². The van der Waals surface area contributed by atoms with Crippen LogP contribution in [-0.2, 0) is 17.6 Å². The van der Waals surface area contributed by atoms with E-state index >= 15 is 0 Å². The Morgan fingerprint density at radius 1 is 1.27 bits per heavy atom. The molecule has 0 bridgehead atoms. The number of thioether (sulfide) groups is 1. The number of carbonyl (C=O) groups excluding carboxylic acids is 1. The molecule has 3 N–H and O–H groups in total. The molecule has 138 valence electrons. The Hall–Kier alpha value is -2.09. The van der Waals surface area contributed by atoms with Crippen molar-refractivity contribution in [1.29, 1.82) is 0 Å². The molecule has 6 nitrogen and oxygen atoms in total. The minimum atomic E-state index is -0.807. The summed E-state index contributed by atoms with van der Waals surface area (Å²) in [6, 6.07) is 11.4. The Morgan fingerprint density at radius 2 is 2.04 bits per heavy atom. The van der Waals surface area contributed by atoms with E-state index in [2.05, 4.69) is 10.3 Å². The SMILES string of the molecule is C[C@H](O)c1ccc(CCOc2ccc(C[C@@H]3SC(O)NC3=O)cc2)nc1. The van der Waals surface area contributed by atoms with Crippen molar-refractivity contribution in [3.05, 3.63) is 59.4 Å². The number of aliphatic hydroxyl groups excluding tert-OH is 2. The van der Waals surface area contributed by atoms with Crippen molar-refractivity contribution in [2.24, 2.45) is 0 Å². The molecule has 1 amide bonds. The second kappa shape index (κ2) is 8.53. The molecule has 3 rings (SSSR count). The fraction of sp³-hybridized carbons (Fsp3) is 0.368. The zero-order valence-electron chi connectivity index (χ0n) is 14.5. The van der Waals surface area contributed by atoms with E-state index < -0.39 is 11.7 Å². The average molecular weight is 374 g/mol. The molecule has 0 radical (unpaired) electrons. The van der Waals surface area contributed by atoms with Gasteiger partial charge in [-0.15, -0.1) is 0 Å². The molecule has 1 saturated heterocycles. The zero-order valence-corrected chi connectivity index (χ0v) is 15.3. The van der Waals surface area contributed by atoms with Gasteiger partial charge in [0.15, 0.2) is 5.56 Å². The number of pyridine rings is 1. The van der Waals surface area contributed by atoms with Crippen molar-refractivity contribution in [3.63, 3.8) is 0 Å². The third-order valence-corrected chi connectivity index (χ3v) is 5.24. The van der Waals surface area contributed by atoms with Crippen LogP contribution in [-0.4, -0.2) is 38.5 Å². The smallest absolute Gasteiger partial charge is 0.236 e. The highest BCUT2D eigenvalue weighted by Gasteiger charge is 2.31. The van der Waals surface area contributed by atoms with E-state index in [4.69, 9.17) is 4.74 Å². The summed E-state index contributed by atoms with van der Waals surface area (Å²) in [5, 5.41) is 21.1. The van der Waals surface area contributed by atoms with Gasteiger partial charge in [-0.2, -0.15) is 0 Å². The number of rotatable bonds is 7. The summed E-state index contributed by atoms with van der Waals surface area (Å²) in [7, 11) is 0. The molecule has 0 aliphatic carbocycles. The maximum absolute atomic E-state index is 11.7. The second-order valence-corrected chi connectivity index (χ2v) is 7.48. The van der Waals surface area contributed by atoms with Crippen molar-refractivity contribution in [1.82, 2.24) is 10.3 Å². The maximum atomic E-state index is 11.7. The maximum Gasteiger partial charge on any atom is 0.236 e. The third kappa shape index (κ3) is 4.97. The van der Waals surface area contributed by atoms with Gasteiger partial charge >= 0.3 is 0 Å². The summed E-state index contributed by atoms with van der Waals surface area (Å²) in [5.74, 6) is 0.634. The topological polar surface area (TPSA) is 91.7 Å². The fourth-order valence-corrected chi connectivity index (χ4v) is 3.62. The van der Waals surface area contributed by atoms with Crippen LogP contribution < -0.4 is 10.1 Å². The van der Waals surface area contributed by atoms with E-state index in [-0.39, 0.29) is 11.2 Å². The molecule has 1 fully saturated rings. The van der Waals surface area contributed by atoms with Crippen molar-refractivity contribution in [2.45, 2.75) is 36.7 Å². The summed E-state index contributed by atoms with van der Waals surface area (Å²) < 4.78 is 5.74. The molecular weight excluding hydrogens is 352 g/mol. The highest BCUT2D eigenvalue weighted by atomic mass is 32.2. The van der Waals surface area contributed by atoms with Gasteiger partial charge in [0.25, 0.3) is 0 Å². The van der Waals surface area contributed by atoms with Crippen LogP contribution in [0.5, 0.6) is 5.75 Å². The normalized spacial score (nSPS) is 20.7. The van der Waals surface area contributed by atoms with Gasteiger partial charge in [-0.1, -0.05) is 30.0 Å². The van der Waals surface area contributed by atoms with Gasteiger partial charge in [-0.05, 0) is 42.7 Å². The number of nitrogens with one attached hydrogen (secondary N) is 1. The Balaban J connectivity index is 1.46. The highest BCUT2D eigenvalue weighted by Crippen LogP contribution is 2.25. The fourth-order valence-electron chi connectivity index (χ4n) is 2.65. The van der Waals surface area contributed by atoms with E-state index in [1.165, 1.54) is 11.8 Å². The minimum Gasteiger partial charge on any atom is -0.493 e. The van der Waals surface area contributed by atoms with E-state index in [0.717, 1.165) is 22.6 Å². The Kier molecular flexibility index (Phi) is 6.13. The van der Waals surface area contributed by atoms with E-state index in [1.807, 2.05) is 36.4 Å².